The van der Waals surface area contributed by atoms with Crippen LogP contribution in [0.25, 0.3) is 0 Å². The number of carbonyl (C=O) groups excluding carboxylic acids is 1. The van der Waals surface area contributed by atoms with Gasteiger partial charge in [0.2, 0.25) is 0 Å². The molecule has 0 bridgehead atoms. The van der Waals surface area contributed by atoms with Gasteiger partial charge in [-0.1, -0.05) is 24.3 Å². The third-order valence-corrected chi connectivity index (χ3v) is 4.46. The molecule has 6 heteroatoms. The molecule has 2 aromatic carbocycles. The van der Waals surface area contributed by atoms with Gasteiger partial charge in [0.05, 0.1) is 0 Å². The van der Waals surface area contributed by atoms with Crippen LogP contribution in [0.5, 0.6) is 0 Å². The van der Waals surface area contributed by atoms with Gasteiger partial charge in [-0.05, 0) is 48.2 Å². The fourth-order valence-corrected chi connectivity index (χ4v) is 2.75. The van der Waals surface area contributed by atoms with Crippen molar-refractivity contribution in [3.05, 3.63) is 65.5 Å². The van der Waals surface area contributed by atoms with Gasteiger partial charge in [-0.15, -0.1) is 0 Å². The number of aryl methyl sites for hydroxylation is 1. The summed E-state index contributed by atoms with van der Waals surface area (Å²) in [5.74, 6) is -0.240. The number of benzene rings is 2. The van der Waals surface area contributed by atoms with Crippen molar-refractivity contribution < 1.29 is 13.4 Å². The maximum absolute atomic E-state index is 13.0. The molecule has 1 atom stereocenters. The van der Waals surface area contributed by atoms with Gasteiger partial charge in [0.1, 0.15) is 5.82 Å². The number of rotatable bonds is 7. The highest BCUT2D eigenvalue weighted by Gasteiger charge is 2.02. The van der Waals surface area contributed by atoms with E-state index in [0.717, 1.165) is 22.4 Å². The monoisotopic (exact) mass is 348 g/mol. The molecule has 1 unspecified atom stereocenters. The van der Waals surface area contributed by atoms with Gasteiger partial charge < -0.3 is 10.6 Å². The van der Waals surface area contributed by atoms with E-state index in [1.54, 1.807) is 24.5 Å². The SMILES string of the molecule is CS(=O)c1ccc(CNC(=O)NCCCc2cccc(F)c2)cc1. The summed E-state index contributed by atoms with van der Waals surface area (Å²) < 4.78 is 24.3. The van der Waals surface area contributed by atoms with Crippen molar-refractivity contribution in [2.75, 3.05) is 12.8 Å². The quantitative estimate of drug-likeness (QED) is 0.756. The van der Waals surface area contributed by atoms with E-state index in [-0.39, 0.29) is 11.8 Å². The Morgan fingerprint density at radius 3 is 2.50 bits per heavy atom. The first-order valence-electron chi connectivity index (χ1n) is 7.73. The molecule has 2 N–H and O–H groups in total. The van der Waals surface area contributed by atoms with E-state index < -0.39 is 10.8 Å². The first-order valence-corrected chi connectivity index (χ1v) is 9.29. The summed E-state index contributed by atoms with van der Waals surface area (Å²) in [5.41, 5.74) is 1.87. The van der Waals surface area contributed by atoms with Crippen LogP contribution in [0.3, 0.4) is 0 Å². The van der Waals surface area contributed by atoms with Gasteiger partial charge in [0.15, 0.2) is 0 Å². The van der Waals surface area contributed by atoms with Crippen molar-refractivity contribution in [3.63, 3.8) is 0 Å². The van der Waals surface area contributed by atoms with Crippen LogP contribution >= 0.6 is 0 Å². The summed E-state index contributed by atoms with van der Waals surface area (Å²) in [4.78, 5) is 12.5. The number of halogens is 1. The van der Waals surface area contributed by atoms with Crippen LogP contribution in [0.1, 0.15) is 17.5 Å². The normalized spacial score (nSPS) is 11.8. The fourth-order valence-electron chi connectivity index (χ4n) is 2.23. The Bertz CT molecular complexity index is 704. The lowest BCUT2D eigenvalue weighted by Crippen LogP contribution is -2.35. The van der Waals surface area contributed by atoms with Crippen molar-refractivity contribution in [1.29, 1.82) is 0 Å². The number of amides is 2. The van der Waals surface area contributed by atoms with E-state index in [9.17, 15) is 13.4 Å². The van der Waals surface area contributed by atoms with Gasteiger partial charge >= 0.3 is 6.03 Å². The Hall–Kier alpha value is -2.21. The van der Waals surface area contributed by atoms with Crippen molar-refractivity contribution >= 4 is 16.8 Å². The smallest absolute Gasteiger partial charge is 0.315 e. The average Bonchev–Trinajstić information content (AvgIpc) is 2.57. The number of nitrogens with one attached hydrogen (secondary N) is 2. The molecule has 128 valence electrons. The third-order valence-electron chi connectivity index (χ3n) is 3.53. The molecule has 0 spiro atoms. The predicted octanol–water partition coefficient (Wildman–Crippen LogP) is 3.00. The Morgan fingerprint density at radius 2 is 1.83 bits per heavy atom. The van der Waals surface area contributed by atoms with Crippen LogP contribution in [0.4, 0.5) is 9.18 Å². The van der Waals surface area contributed by atoms with Crippen LogP contribution in [-0.2, 0) is 23.8 Å². The molecule has 2 aromatic rings. The molecule has 0 heterocycles. The highest BCUT2D eigenvalue weighted by Crippen LogP contribution is 2.07. The second-order valence-corrected chi connectivity index (χ2v) is 6.82. The van der Waals surface area contributed by atoms with Gasteiger partial charge in [-0.25, -0.2) is 9.18 Å². The van der Waals surface area contributed by atoms with E-state index in [0.29, 0.717) is 19.5 Å². The lowest BCUT2D eigenvalue weighted by atomic mass is 10.1. The number of urea groups is 1. The molecule has 2 amide bonds. The van der Waals surface area contributed by atoms with Crippen LogP contribution in [0.2, 0.25) is 0 Å². The third kappa shape index (κ3) is 6.12. The molecule has 0 saturated carbocycles. The first-order chi connectivity index (χ1) is 11.5. The van der Waals surface area contributed by atoms with Crippen molar-refractivity contribution in [2.24, 2.45) is 0 Å². The van der Waals surface area contributed by atoms with E-state index in [2.05, 4.69) is 10.6 Å². The fraction of sp³-hybridized carbons (Fsp3) is 0.278. The lowest BCUT2D eigenvalue weighted by molar-refractivity contribution is 0.240. The summed E-state index contributed by atoms with van der Waals surface area (Å²) in [6.45, 7) is 0.933. The minimum absolute atomic E-state index is 0.239. The molecule has 0 aliphatic rings. The molecular formula is C18H21FN2O2S. The van der Waals surface area contributed by atoms with Crippen LogP contribution in [-0.4, -0.2) is 23.0 Å². The van der Waals surface area contributed by atoms with Crippen LogP contribution < -0.4 is 10.6 Å². The summed E-state index contributed by atoms with van der Waals surface area (Å²) in [5, 5.41) is 5.54. The zero-order valence-corrected chi connectivity index (χ0v) is 14.4. The van der Waals surface area contributed by atoms with Crippen LogP contribution in [0.15, 0.2) is 53.4 Å². The van der Waals surface area contributed by atoms with E-state index >= 15 is 0 Å². The molecule has 0 aliphatic heterocycles. The molecule has 4 nitrogen and oxygen atoms in total. The second-order valence-electron chi connectivity index (χ2n) is 5.44. The molecule has 0 saturated heterocycles. The Balaban J connectivity index is 1.65. The molecular weight excluding hydrogens is 327 g/mol. The molecule has 0 radical (unpaired) electrons. The molecule has 2 rings (SSSR count). The summed E-state index contributed by atoms with van der Waals surface area (Å²) in [6.07, 6.45) is 3.09. The topological polar surface area (TPSA) is 58.2 Å². The zero-order chi connectivity index (χ0) is 17.4. The molecule has 0 aromatic heterocycles. The van der Waals surface area contributed by atoms with Crippen LogP contribution in [0, 0.1) is 5.82 Å². The highest BCUT2D eigenvalue weighted by molar-refractivity contribution is 7.84. The number of carbonyl (C=O) groups is 1. The maximum Gasteiger partial charge on any atom is 0.315 e. The van der Waals surface area contributed by atoms with Crippen molar-refractivity contribution in [2.45, 2.75) is 24.3 Å². The first kappa shape index (κ1) is 18.1. The Kier molecular flexibility index (Phi) is 6.93. The molecule has 24 heavy (non-hydrogen) atoms. The zero-order valence-electron chi connectivity index (χ0n) is 13.5. The highest BCUT2D eigenvalue weighted by atomic mass is 32.2. The minimum atomic E-state index is -0.996. The predicted molar refractivity (Wildman–Crippen MR) is 93.7 cm³/mol. The van der Waals surface area contributed by atoms with E-state index in [1.165, 1.54) is 12.1 Å². The van der Waals surface area contributed by atoms with E-state index in [4.69, 9.17) is 0 Å². The van der Waals surface area contributed by atoms with E-state index in [1.807, 2.05) is 18.2 Å². The summed E-state index contributed by atoms with van der Waals surface area (Å²) >= 11 is 0. The summed E-state index contributed by atoms with van der Waals surface area (Å²) in [7, 11) is -0.996. The van der Waals surface area contributed by atoms with Crippen molar-refractivity contribution in [3.8, 4) is 0 Å². The number of hydrogen-bond acceptors (Lipinski definition) is 2. The van der Waals surface area contributed by atoms with Gasteiger partial charge in [0.25, 0.3) is 0 Å². The standard InChI is InChI=1S/C18H21FN2O2S/c1-24(23)17-9-7-15(8-10-17)13-21-18(22)20-11-3-5-14-4-2-6-16(19)12-14/h2,4,6-10,12H,3,5,11,13H2,1H3,(H2,20,21,22). The second kappa shape index (κ2) is 9.17. The van der Waals surface area contributed by atoms with Gasteiger partial charge in [0, 0.05) is 35.0 Å². The minimum Gasteiger partial charge on any atom is -0.338 e. The Labute approximate surface area is 143 Å². The Morgan fingerprint density at radius 1 is 1.08 bits per heavy atom. The lowest BCUT2D eigenvalue weighted by Gasteiger charge is -2.08. The summed E-state index contributed by atoms with van der Waals surface area (Å²) in [6, 6.07) is 13.5. The molecule has 0 fully saturated rings. The maximum atomic E-state index is 13.0. The van der Waals surface area contributed by atoms with Gasteiger partial charge in [-0.3, -0.25) is 4.21 Å². The largest absolute Gasteiger partial charge is 0.338 e. The molecule has 0 aliphatic carbocycles. The number of hydrogen-bond donors (Lipinski definition) is 2. The van der Waals surface area contributed by atoms with Gasteiger partial charge in [-0.2, -0.15) is 0 Å². The van der Waals surface area contributed by atoms with Crippen molar-refractivity contribution in [1.82, 2.24) is 10.6 Å². The average molecular weight is 348 g/mol.